The van der Waals surface area contributed by atoms with Crippen LogP contribution < -0.4 is 4.90 Å². The van der Waals surface area contributed by atoms with Crippen molar-refractivity contribution in [2.75, 3.05) is 4.90 Å². The van der Waals surface area contributed by atoms with Crippen molar-refractivity contribution in [3.63, 3.8) is 0 Å². The molecule has 0 N–H and O–H groups in total. The van der Waals surface area contributed by atoms with Gasteiger partial charge in [-0.1, -0.05) is 41.6 Å². The Morgan fingerprint density at radius 1 is 1.18 bits per heavy atom. The van der Waals surface area contributed by atoms with Crippen molar-refractivity contribution < 1.29 is 9.72 Å². The largest absolute Gasteiger partial charge is 0.279 e. The monoisotopic (exact) mass is 412 g/mol. The third kappa shape index (κ3) is 3.12. The molecule has 7 heteroatoms. The Morgan fingerprint density at radius 3 is 2.61 bits per heavy atom. The lowest BCUT2D eigenvalue weighted by atomic mass is 9.98. The molecule has 2 aromatic carbocycles. The Labute approximate surface area is 171 Å². The highest BCUT2D eigenvalue weighted by Gasteiger charge is 2.34. The van der Waals surface area contributed by atoms with Crippen molar-refractivity contribution in [1.82, 2.24) is 0 Å². The van der Waals surface area contributed by atoms with Crippen LogP contribution in [0.3, 0.4) is 0 Å². The summed E-state index contributed by atoms with van der Waals surface area (Å²) in [5.74, 6) is -0.397. The molecule has 1 aliphatic carbocycles. The van der Waals surface area contributed by atoms with E-state index in [9.17, 15) is 14.9 Å². The van der Waals surface area contributed by atoms with Gasteiger partial charge in [0.15, 0.2) is 0 Å². The molecule has 1 atom stereocenters. The lowest BCUT2D eigenvalue weighted by molar-refractivity contribution is -0.421. The zero-order valence-corrected chi connectivity index (χ0v) is 16.9. The van der Waals surface area contributed by atoms with Crippen molar-refractivity contribution in [1.29, 1.82) is 0 Å². The fourth-order valence-electron chi connectivity index (χ4n) is 3.77. The molecule has 2 aromatic rings. The van der Waals surface area contributed by atoms with E-state index in [1.807, 2.05) is 42.5 Å². The van der Waals surface area contributed by atoms with Gasteiger partial charge in [-0.25, -0.2) is 0 Å². The second-order valence-corrected chi connectivity index (χ2v) is 8.38. The van der Waals surface area contributed by atoms with Gasteiger partial charge in [-0.3, -0.25) is 19.8 Å². The lowest BCUT2D eigenvalue weighted by Gasteiger charge is -2.32. The standard InChI is InChI=1S/C21H17ClN2O3S/c1-12-9-14(13(2)21(12)24(26)27)10-20(25)23-16-5-3-4-6-18(16)28-19-8-7-15(22)11-17(19)23/h3-9,11,14H,10H2,1-2H3. The first kappa shape index (κ1) is 18.8. The molecule has 142 valence electrons. The number of halogens is 1. The molecular formula is C21H17ClN2O3S. The number of nitro groups is 1. The van der Waals surface area contributed by atoms with Crippen LogP contribution in [-0.4, -0.2) is 10.8 Å². The number of benzene rings is 2. The quantitative estimate of drug-likeness (QED) is 0.459. The number of carbonyl (C=O) groups excluding carboxylic acids is 1. The van der Waals surface area contributed by atoms with Gasteiger partial charge in [0.05, 0.1) is 16.3 Å². The van der Waals surface area contributed by atoms with Crippen LogP contribution in [0.15, 0.2) is 75.2 Å². The molecule has 1 heterocycles. The molecule has 28 heavy (non-hydrogen) atoms. The van der Waals surface area contributed by atoms with Gasteiger partial charge < -0.3 is 0 Å². The summed E-state index contributed by atoms with van der Waals surface area (Å²) < 4.78 is 0. The summed E-state index contributed by atoms with van der Waals surface area (Å²) in [6.07, 6.45) is 1.97. The molecule has 0 radical (unpaired) electrons. The molecule has 0 fully saturated rings. The summed E-state index contributed by atoms with van der Waals surface area (Å²) in [5.41, 5.74) is 2.91. The van der Waals surface area contributed by atoms with Crippen molar-refractivity contribution in [3.05, 3.63) is 80.5 Å². The van der Waals surface area contributed by atoms with Crippen LogP contribution in [0.1, 0.15) is 20.3 Å². The van der Waals surface area contributed by atoms with Gasteiger partial charge in [0.1, 0.15) is 0 Å². The van der Waals surface area contributed by atoms with Gasteiger partial charge in [-0.2, -0.15) is 0 Å². The number of rotatable bonds is 3. The van der Waals surface area contributed by atoms with Crippen LogP contribution in [-0.2, 0) is 4.79 Å². The summed E-state index contributed by atoms with van der Waals surface area (Å²) in [4.78, 5) is 27.9. The first-order valence-electron chi connectivity index (χ1n) is 8.80. The smallest absolute Gasteiger partial charge is 0.271 e. The van der Waals surface area contributed by atoms with Crippen LogP contribution in [0, 0.1) is 16.0 Å². The SMILES string of the molecule is CC1=CC(CC(=O)N2c3ccccc3Sc3ccc(Cl)cc32)C(C)=C1[N+](=O)[O-]. The Balaban J connectivity index is 1.73. The van der Waals surface area contributed by atoms with Crippen LogP contribution >= 0.6 is 23.4 Å². The zero-order chi connectivity index (χ0) is 20.0. The summed E-state index contributed by atoms with van der Waals surface area (Å²) in [6, 6.07) is 13.2. The molecule has 4 rings (SSSR count). The minimum Gasteiger partial charge on any atom is -0.279 e. The van der Waals surface area contributed by atoms with Crippen molar-refractivity contribution >= 4 is 40.6 Å². The highest BCUT2D eigenvalue weighted by atomic mass is 35.5. The molecule has 0 bridgehead atoms. The maximum Gasteiger partial charge on any atom is 0.271 e. The predicted octanol–water partition coefficient (Wildman–Crippen LogP) is 5.99. The van der Waals surface area contributed by atoms with E-state index in [4.69, 9.17) is 11.6 Å². The molecule has 0 saturated carbocycles. The van der Waals surface area contributed by atoms with E-state index >= 15 is 0 Å². The maximum atomic E-state index is 13.4. The molecular weight excluding hydrogens is 396 g/mol. The maximum absolute atomic E-state index is 13.4. The summed E-state index contributed by atoms with van der Waals surface area (Å²) in [5, 5.41) is 11.9. The minimum absolute atomic E-state index is 0.116. The molecule has 0 aromatic heterocycles. The van der Waals surface area contributed by atoms with Crippen LogP contribution in [0.5, 0.6) is 0 Å². The van der Waals surface area contributed by atoms with Crippen molar-refractivity contribution in [2.24, 2.45) is 5.92 Å². The van der Waals surface area contributed by atoms with E-state index in [1.165, 1.54) is 0 Å². The van der Waals surface area contributed by atoms with Gasteiger partial charge in [-0.05, 0) is 44.2 Å². The van der Waals surface area contributed by atoms with Gasteiger partial charge in [0, 0.05) is 38.3 Å². The van der Waals surface area contributed by atoms with Gasteiger partial charge in [-0.15, -0.1) is 0 Å². The van der Waals surface area contributed by atoms with Crippen LogP contribution in [0.25, 0.3) is 0 Å². The van der Waals surface area contributed by atoms with Gasteiger partial charge >= 0.3 is 0 Å². The predicted molar refractivity (Wildman–Crippen MR) is 111 cm³/mol. The number of nitrogens with zero attached hydrogens (tertiary/aromatic N) is 2. The number of anilines is 2. The topological polar surface area (TPSA) is 63.5 Å². The lowest BCUT2D eigenvalue weighted by Crippen LogP contribution is -2.29. The fraction of sp³-hybridized carbons (Fsp3) is 0.190. The summed E-state index contributed by atoms with van der Waals surface area (Å²) >= 11 is 7.80. The number of para-hydroxylation sites is 1. The van der Waals surface area contributed by atoms with Crippen molar-refractivity contribution in [2.45, 2.75) is 30.1 Å². The second kappa shape index (κ2) is 7.11. The molecule has 0 saturated heterocycles. The first-order chi connectivity index (χ1) is 13.4. The van der Waals surface area contributed by atoms with E-state index in [1.54, 1.807) is 36.6 Å². The van der Waals surface area contributed by atoms with E-state index in [2.05, 4.69) is 0 Å². The van der Waals surface area contributed by atoms with E-state index < -0.39 is 0 Å². The number of hydrogen-bond donors (Lipinski definition) is 0. The number of carbonyl (C=O) groups is 1. The first-order valence-corrected chi connectivity index (χ1v) is 9.99. The molecule has 1 amide bonds. The Bertz CT molecular complexity index is 1080. The Hall–Kier alpha value is -2.57. The van der Waals surface area contributed by atoms with Gasteiger partial charge in [0.25, 0.3) is 5.70 Å². The van der Waals surface area contributed by atoms with E-state index in [-0.39, 0.29) is 28.9 Å². The third-order valence-electron chi connectivity index (χ3n) is 5.07. The minimum atomic E-state index is -0.368. The normalized spacial score (nSPS) is 17.9. The summed E-state index contributed by atoms with van der Waals surface area (Å²) in [6.45, 7) is 3.45. The molecule has 1 aliphatic heterocycles. The van der Waals surface area contributed by atoms with E-state index in [0.717, 1.165) is 21.2 Å². The van der Waals surface area contributed by atoms with Crippen LogP contribution in [0.4, 0.5) is 11.4 Å². The highest BCUT2D eigenvalue weighted by molar-refractivity contribution is 7.99. The Kier molecular flexibility index (Phi) is 4.77. The molecule has 1 unspecified atom stereocenters. The number of amides is 1. The van der Waals surface area contributed by atoms with Crippen molar-refractivity contribution in [3.8, 4) is 0 Å². The van der Waals surface area contributed by atoms with E-state index in [0.29, 0.717) is 16.2 Å². The molecule has 5 nitrogen and oxygen atoms in total. The average Bonchev–Trinajstić information content (AvgIpc) is 2.93. The average molecular weight is 413 g/mol. The zero-order valence-electron chi connectivity index (χ0n) is 15.3. The molecule has 2 aliphatic rings. The number of hydrogen-bond acceptors (Lipinski definition) is 4. The number of allylic oxidation sites excluding steroid dienone is 3. The number of fused-ring (bicyclic) bond motifs is 2. The molecule has 0 spiro atoms. The highest BCUT2D eigenvalue weighted by Crippen LogP contribution is 2.49. The second-order valence-electron chi connectivity index (χ2n) is 6.86. The summed E-state index contributed by atoms with van der Waals surface area (Å²) in [7, 11) is 0. The third-order valence-corrected chi connectivity index (χ3v) is 6.43. The fourth-order valence-corrected chi connectivity index (χ4v) is 4.97. The Morgan fingerprint density at radius 2 is 1.89 bits per heavy atom. The van der Waals surface area contributed by atoms with Crippen LogP contribution in [0.2, 0.25) is 5.02 Å². The van der Waals surface area contributed by atoms with Gasteiger partial charge in [0.2, 0.25) is 5.91 Å².